The van der Waals surface area contributed by atoms with Gasteiger partial charge in [0.25, 0.3) is 5.91 Å². The van der Waals surface area contributed by atoms with Gasteiger partial charge in [0, 0.05) is 30.9 Å². The van der Waals surface area contributed by atoms with E-state index in [9.17, 15) is 19.1 Å². The summed E-state index contributed by atoms with van der Waals surface area (Å²) in [6.45, 7) is -0.171. The van der Waals surface area contributed by atoms with E-state index < -0.39 is 24.0 Å². The van der Waals surface area contributed by atoms with E-state index in [1.807, 2.05) is 12.1 Å². The van der Waals surface area contributed by atoms with Crippen LogP contribution < -0.4 is 10.6 Å². The van der Waals surface area contributed by atoms with Crippen molar-refractivity contribution in [2.75, 3.05) is 20.2 Å². The van der Waals surface area contributed by atoms with Crippen molar-refractivity contribution in [1.29, 1.82) is 0 Å². The van der Waals surface area contributed by atoms with E-state index in [1.54, 1.807) is 30.6 Å². The molecule has 4 rings (SSSR count). The van der Waals surface area contributed by atoms with Crippen LogP contribution >= 0.6 is 0 Å². The average molecular weight is 423 g/mol. The molecule has 3 aromatic rings. The number of rotatable bonds is 6. The van der Waals surface area contributed by atoms with Crippen molar-refractivity contribution in [2.24, 2.45) is 0 Å². The molecule has 1 unspecified atom stereocenters. The van der Waals surface area contributed by atoms with Gasteiger partial charge in [0.15, 0.2) is 0 Å². The molecule has 160 valence electrons. The number of H-pyrrole nitrogens is 1. The zero-order valence-electron chi connectivity index (χ0n) is 16.9. The second kappa shape index (κ2) is 8.19. The van der Waals surface area contributed by atoms with Crippen LogP contribution in [-0.4, -0.2) is 52.3 Å². The second-order valence-electron chi connectivity index (χ2n) is 7.47. The predicted octanol–water partition coefficient (Wildman–Crippen LogP) is 1.99. The maximum absolute atomic E-state index is 13.6. The van der Waals surface area contributed by atoms with E-state index in [0.717, 1.165) is 11.1 Å². The van der Waals surface area contributed by atoms with Crippen LogP contribution in [-0.2, 0) is 12.1 Å². The largest absolute Gasteiger partial charge is 0.393 e. The fourth-order valence-corrected chi connectivity index (χ4v) is 3.84. The summed E-state index contributed by atoms with van der Waals surface area (Å²) in [7, 11) is 1.47. The molecule has 0 fully saturated rings. The highest BCUT2D eigenvalue weighted by molar-refractivity contribution is 5.98. The fraction of sp³-hybridized carbons (Fsp3) is 0.227. The molecule has 1 aliphatic heterocycles. The number of urea groups is 1. The van der Waals surface area contributed by atoms with E-state index in [-0.39, 0.29) is 19.0 Å². The molecule has 2 heterocycles. The Hall–Kier alpha value is -3.72. The maximum Gasteiger partial charge on any atom is 0.315 e. The summed E-state index contributed by atoms with van der Waals surface area (Å²) in [6, 6.07) is 10.9. The maximum atomic E-state index is 13.6. The molecule has 0 bridgehead atoms. The van der Waals surface area contributed by atoms with Gasteiger partial charge < -0.3 is 20.6 Å². The monoisotopic (exact) mass is 423 g/mol. The standard InChI is InChI=1S/C22H22FN5O3/c1-24-21(31)27-22(13-29,17-5-2-14(3-6-17)16-9-25-26-10-16)12-28-11-15-4-7-18(23)8-19(15)20(28)30/h2-10,29H,11-13H2,1H3,(H,25,26)(H2,24,27,31). The van der Waals surface area contributed by atoms with Gasteiger partial charge in [0.05, 0.1) is 19.3 Å². The van der Waals surface area contributed by atoms with Gasteiger partial charge in [-0.25, -0.2) is 9.18 Å². The molecular weight excluding hydrogens is 401 g/mol. The number of aliphatic hydroxyl groups excluding tert-OH is 1. The first-order chi connectivity index (χ1) is 15.0. The molecule has 0 saturated carbocycles. The van der Waals surface area contributed by atoms with E-state index >= 15 is 0 Å². The van der Waals surface area contributed by atoms with Crippen LogP contribution in [0.2, 0.25) is 0 Å². The van der Waals surface area contributed by atoms with Gasteiger partial charge in [-0.3, -0.25) is 9.89 Å². The van der Waals surface area contributed by atoms with Crippen molar-refractivity contribution in [1.82, 2.24) is 25.7 Å². The summed E-state index contributed by atoms with van der Waals surface area (Å²) >= 11 is 0. The van der Waals surface area contributed by atoms with Crippen LogP contribution in [0.15, 0.2) is 54.9 Å². The lowest BCUT2D eigenvalue weighted by Crippen LogP contribution is -2.57. The Morgan fingerprint density at radius 3 is 2.68 bits per heavy atom. The summed E-state index contributed by atoms with van der Waals surface area (Å²) in [6.07, 6.45) is 3.45. The summed E-state index contributed by atoms with van der Waals surface area (Å²) in [4.78, 5) is 26.6. The van der Waals surface area contributed by atoms with Gasteiger partial charge in [-0.05, 0) is 28.8 Å². The number of aromatic nitrogens is 2. The number of hydrogen-bond acceptors (Lipinski definition) is 4. The van der Waals surface area contributed by atoms with E-state index in [0.29, 0.717) is 16.7 Å². The number of hydrogen-bond donors (Lipinski definition) is 4. The topological polar surface area (TPSA) is 110 Å². The second-order valence-corrected chi connectivity index (χ2v) is 7.47. The van der Waals surface area contributed by atoms with Gasteiger partial charge in [-0.15, -0.1) is 0 Å². The van der Waals surface area contributed by atoms with Crippen LogP contribution in [0.4, 0.5) is 9.18 Å². The van der Waals surface area contributed by atoms with Gasteiger partial charge in [-0.2, -0.15) is 5.10 Å². The smallest absolute Gasteiger partial charge is 0.315 e. The molecule has 1 aliphatic rings. The Morgan fingerprint density at radius 1 is 1.26 bits per heavy atom. The highest BCUT2D eigenvalue weighted by Gasteiger charge is 2.39. The molecule has 9 heteroatoms. The number of halogens is 1. The van der Waals surface area contributed by atoms with Crippen molar-refractivity contribution in [3.05, 3.63) is 77.4 Å². The molecule has 0 saturated heterocycles. The normalized spacial score (nSPS) is 14.8. The molecule has 0 spiro atoms. The molecular formula is C22H22FN5O3. The number of aromatic amines is 1. The lowest BCUT2D eigenvalue weighted by Gasteiger charge is -2.37. The number of nitrogens with zero attached hydrogens (tertiary/aromatic N) is 2. The van der Waals surface area contributed by atoms with Gasteiger partial charge in [0.2, 0.25) is 0 Å². The number of nitrogens with one attached hydrogen (secondary N) is 3. The van der Waals surface area contributed by atoms with E-state index in [2.05, 4.69) is 20.8 Å². The summed E-state index contributed by atoms with van der Waals surface area (Å²) in [5.74, 6) is -0.832. The fourth-order valence-electron chi connectivity index (χ4n) is 3.84. The third kappa shape index (κ3) is 3.87. The number of benzene rings is 2. The minimum Gasteiger partial charge on any atom is -0.393 e. The van der Waals surface area contributed by atoms with Crippen molar-refractivity contribution in [3.63, 3.8) is 0 Å². The lowest BCUT2D eigenvalue weighted by molar-refractivity contribution is 0.0653. The Bertz CT molecular complexity index is 1100. The Morgan fingerprint density at radius 2 is 2.03 bits per heavy atom. The average Bonchev–Trinajstić information content (AvgIpc) is 3.42. The number of aliphatic hydroxyl groups is 1. The molecule has 1 atom stereocenters. The van der Waals surface area contributed by atoms with Crippen LogP contribution in [0.3, 0.4) is 0 Å². The summed E-state index contributed by atoms with van der Waals surface area (Å²) < 4.78 is 13.6. The van der Waals surface area contributed by atoms with Crippen molar-refractivity contribution in [3.8, 4) is 11.1 Å². The van der Waals surface area contributed by atoms with Crippen molar-refractivity contribution < 1.29 is 19.1 Å². The number of carbonyl (C=O) groups is 2. The molecule has 1 aromatic heterocycles. The van der Waals surface area contributed by atoms with Crippen LogP contribution in [0, 0.1) is 5.82 Å². The third-order valence-electron chi connectivity index (χ3n) is 5.53. The quantitative estimate of drug-likeness (QED) is 0.486. The first-order valence-electron chi connectivity index (χ1n) is 9.74. The molecule has 8 nitrogen and oxygen atoms in total. The van der Waals surface area contributed by atoms with Crippen LogP contribution in [0.5, 0.6) is 0 Å². The molecule has 3 amide bonds. The highest BCUT2D eigenvalue weighted by Crippen LogP contribution is 2.30. The van der Waals surface area contributed by atoms with Gasteiger partial charge in [-0.1, -0.05) is 30.3 Å². The summed E-state index contributed by atoms with van der Waals surface area (Å²) in [5.41, 5.74) is 2.17. The van der Waals surface area contributed by atoms with Crippen LogP contribution in [0.1, 0.15) is 21.5 Å². The zero-order chi connectivity index (χ0) is 22.0. The Labute approximate surface area is 178 Å². The molecule has 31 heavy (non-hydrogen) atoms. The molecule has 0 radical (unpaired) electrons. The zero-order valence-corrected chi connectivity index (χ0v) is 16.9. The number of carbonyl (C=O) groups excluding carboxylic acids is 2. The number of fused-ring (bicyclic) bond motifs is 1. The Kier molecular flexibility index (Phi) is 5.43. The van der Waals surface area contributed by atoms with Gasteiger partial charge in [0.1, 0.15) is 11.4 Å². The minimum atomic E-state index is -1.26. The molecule has 0 aliphatic carbocycles. The molecule has 2 aromatic carbocycles. The van der Waals surface area contributed by atoms with Gasteiger partial charge >= 0.3 is 6.03 Å². The first kappa shape index (κ1) is 20.5. The highest BCUT2D eigenvalue weighted by atomic mass is 19.1. The van der Waals surface area contributed by atoms with E-state index in [4.69, 9.17) is 0 Å². The molecule has 4 N–H and O–H groups in total. The SMILES string of the molecule is CNC(=O)NC(CO)(CN1Cc2ccc(F)cc2C1=O)c1ccc(-c2cn[nH]c2)cc1. The third-order valence-corrected chi connectivity index (χ3v) is 5.53. The van der Waals surface area contributed by atoms with Crippen molar-refractivity contribution in [2.45, 2.75) is 12.1 Å². The van der Waals surface area contributed by atoms with Crippen molar-refractivity contribution >= 4 is 11.9 Å². The first-order valence-corrected chi connectivity index (χ1v) is 9.74. The van der Waals surface area contributed by atoms with E-state index in [1.165, 1.54) is 24.1 Å². The predicted molar refractivity (Wildman–Crippen MR) is 112 cm³/mol. The lowest BCUT2D eigenvalue weighted by atomic mass is 9.88. The minimum absolute atomic E-state index is 0.0110. The Balaban J connectivity index is 1.67. The summed E-state index contributed by atoms with van der Waals surface area (Å²) in [5, 5.41) is 22.4. The van der Waals surface area contributed by atoms with Crippen LogP contribution in [0.25, 0.3) is 11.1 Å². The number of amides is 3.